The first-order chi connectivity index (χ1) is 13.1. The second-order valence-electron chi connectivity index (χ2n) is 5.57. The molecular weight excluding hydrogens is 386 g/mol. The number of nitrogens with zero attached hydrogens (tertiary/aromatic N) is 2. The molecule has 0 spiro atoms. The van der Waals surface area contributed by atoms with E-state index in [-0.39, 0.29) is 16.0 Å². The minimum absolute atomic E-state index is 0.0361. The Morgan fingerprint density at radius 1 is 1.15 bits per heavy atom. The lowest BCUT2D eigenvalue weighted by molar-refractivity contribution is -0.298. The van der Waals surface area contributed by atoms with Gasteiger partial charge < -0.3 is 19.3 Å². The number of aliphatic carboxylic acids is 1. The van der Waals surface area contributed by atoms with Crippen molar-refractivity contribution in [2.24, 2.45) is 0 Å². The van der Waals surface area contributed by atoms with Crippen LogP contribution in [0.5, 0.6) is 0 Å². The number of hydrogen-bond donors (Lipinski definition) is 1. The average Bonchev–Trinajstić information content (AvgIpc) is 3.29. The molecule has 4 rings (SSSR count). The molecule has 2 aromatic carbocycles. The molecule has 2 heterocycles. The summed E-state index contributed by atoms with van der Waals surface area (Å²) in [7, 11) is 0. The maximum absolute atomic E-state index is 11.6. The molecule has 4 aromatic rings. The topological polar surface area (TPSA) is 94.8 Å². The van der Waals surface area contributed by atoms with Crippen LogP contribution in [0.3, 0.4) is 0 Å². The first-order valence-electron chi connectivity index (χ1n) is 7.86. The molecule has 27 heavy (non-hydrogen) atoms. The van der Waals surface area contributed by atoms with Gasteiger partial charge in [0.25, 0.3) is 5.22 Å². The predicted octanol–water partition coefficient (Wildman–Crippen LogP) is 3.75. The molecule has 0 fully saturated rings. The van der Waals surface area contributed by atoms with Gasteiger partial charge >= 0.3 is 0 Å². The Morgan fingerprint density at radius 3 is 2.70 bits per heavy atom. The fourth-order valence-corrected chi connectivity index (χ4v) is 3.32. The number of aromatic nitrogens is 3. The number of hydrogen-bond acceptors (Lipinski definition) is 6. The number of halogens is 1. The van der Waals surface area contributed by atoms with E-state index in [2.05, 4.69) is 15.2 Å². The molecule has 6 nitrogen and oxygen atoms in total. The lowest BCUT2D eigenvalue weighted by Crippen LogP contribution is -2.22. The van der Waals surface area contributed by atoms with Gasteiger partial charge in [0.05, 0.1) is 5.97 Å². The number of benzene rings is 2. The summed E-state index contributed by atoms with van der Waals surface area (Å²) < 4.78 is 5.55. The molecule has 0 aliphatic carbocycles. The van der Waals surface area contributed by atoms with Crippen LogP contribution in [0.25, 0.3) is 28.4 Å². The molecule has 0 aliphatic rings. The van der Waals surface area contributed by atoms with Crippen LogP contribution < -0.4 is 5.11 Å². The number of rotatable bonds is 5. The van der Waals surface area contributed by atoms with Crippen LogP contribution in [0.1, 0.15) is 5.56 Å². The summed E-state index contributed by atoms with van der Waals surface area (Å²) in [6.45, 7) is 0. The standard InChI is InChI=1S/C19H12ClN3O3S/c20-13-7-5-11(6-8-13)17-22-23-19(26-17)27-16(18(24)25)9-12-10-21-15-4-2-1-3-14(12)15/h1-10,21H,(H,24,25)/p-1/b16-9-. The maximum Gasteiger partial charge on any atom is 0.281 e. The van der Waals surface area contributed by atoms with Gasteiger partial charge in [-0.05, 0) is 48.2 Å². The number of nitrogens with one attached hydrogen (secondary N) is 1. The van der Waals surface area contributed by atoms with Crippen LogP contribution in [0.15, 0.2) is 69.3 Å². The van der Waals surface area contributed by atoms with E-state index in [0.717, 1.165) is 28.2 Å². The minimum Gasteiger partial charge on any atom is -0.544 e. The number of aromatic amines is 1. The Labute approximate surface area is 162 Å². The number of H-pyrrole nitrogens is 1. The fourth-order valence-electron chi connectivity index (χ4n) is 2.54. The number of para-hydroxylation sites is 1. The first-order valence-corrected chi connectivity index (χ1v) is 9.06. The second kappa shape index (κ2) is 7.30. The SMILES string of the molecule is O=C([O-])/C(=C/c1c[nH]c2ccccc12)Sc1nnc(-c2ccc(Cl)cc2)o1. The van der Waals surface area contributed by atoms with Gasteiger partial charge in [-0.1, -0.05) is 29.8 Å². The summed E-state index contributed by atoms with van der Waals surface area (Å²) in [4.78, 5) is 14.6. The van der Waals surface area contributed by atoms with E-state index in [1.807, 2.05) is 24.3 Å². The monoisotopic (exact) mass is 396 g/mol. The van der Waals surface area contributed by atoms with Crippen LogP contribution in [-0.2, 0) is 4.79 Å². The van der Waals surface area contributed by atoms with E-state index in [1.165, 1.54) is 6.08 Å². The van der Waals surface area contributed by atoms with Gasteiger partial charge in [-0.2, -0.15) is 0 Å². The molecule has 0 bridgehead atoms. The fraction of sp³-hybridized carbons (Fsp3) is 0. The van der Waals surface area contributed by atoms with Crippen molar-refractivity contribution in [2.45, 2.75) is 5.22 Å². The van der Waals surface area contributed by atoms with E-state index in [1.54, 1.807) is 30.5 Å². The molecule has 0 amide bonds. The van der Waals surface area contributed by atoms with E-state index in [0.29, 0.717) is 10.6 Å². The number of fused-ring (bicyclic) bond motifs is 1. The summed E-state index contributed by atoms with van der Waals surface area (Å²) in [5, 5.41) is 21.0. The summed E-state index contributed by atoms with van der Waals surface area (Å²) >= 11 is 6.71. The number of carboxylic acids is 1. The third kappa shape index (κ3) is 3.74. The van der Waals surface area contributed by atoms with Crippen LogP contribution in [0.4, 0.5) is 0 Å². The van der Waals surface area contributed by atoms with E-state index >= 15 is 0 Å². The van der Waals surface area contributed by atoms with Gasteiger partial charge in [-0.25, -0.2) is 0 Å². The van der Waals surface area contributed by atoms with E-state index < -0.39 is 5.97 Å². The lowest BCUT2D eigenvalue weighted by atomic mass is 10.1. The number of carboxylic acid groups (broad SMARTS) is 1. The van der Waals surface area contributed by atoms with E-state index in [4.69, 9.17) is 16.0 Å². The van der Waals surface area contributed by atoms with Gasteiger partial charge in [0.1, 0.15) is 0 Å². The Kier molecular flexibility index (Phi) is 4.70. The molecule has 0 aliphatic heterocycles. The van der Waals surface area contributed by atoms with Crippen LogP contribution in [-0.4, -0.2) is 21.2 Å². The molecule has 0 radical (unpaired) electrons. The van der Waals surface area contributed by atoms with Gasteiger partial charge in [-0.3, -0.25) is 0 Å². The Hall–Kier alpha value is -3.03. The van der Waals surface area contributed by atoms with Crippen molar-refractivity contribution in [1.29, 1.82) is 0 Å². The highest BCUT2D eigenvalue weighted by Crippen LogP contribution is 2.31. The van der Waals surface area contributed by atoms with Crippen molar-refractivity contribution in [2.75, 3.05) is 0 Å². The zero-order chi connectivity index (χ0) is 18.8. The van der Waals surface area contributed by atoms with Gasteiger partial charge in [0, 0.05) is 38.2 Å². The predicted molar refractivity (Wildman–Crippen MR) is 102 cm³/mol. The van der Waals surface area contributed by atoms with Crippen molar-refractivity contribution in [3.8, 4) is 11.5 Å². The third-order valence-corrected chi connectivity index (χ3v) is 4.90. The number of thioether (sulfide) groups is 1. The zero-order valence-electron chi connectivity index (χ0n) is 13.7. The van der Waals surface area contributed by atoms with Gasteiger partial charge in [0.2, 0.25) is 5.89 Å². The van der Waals surface area contributed by atoms with Gasteiger partial charge in [0.15, 0.2) is 0 Å². The molecule has 2 aromatic heterocycles. The normalized spacial score (nSPS) is 11.8. The van der Waals surface area contributed by atoms with Crippen LogP contribution >= 0.6 is 23.4 Å². The second-order valence-corrected chi connectivity index (χ2v) is 7.00. The Balaban J connectivity index is 1.63. The number of carbonyl (C=O) groups is 1. The molecule has 1 N–H and O–H groups in total. The van der Waals surface area contributed by atoms with Crippen molar-refractivity contribution in [1.82, 2.24) is 15.2 Å². The summed E-state index contributed by atoms with van der Waals surface area (Å²) in [6.07, 6.45) is 3.26. The maximum atomic E-state index is 11.6. The highest BCUT2D eigenvalue weighted by Gasteiger charge is 2.13. The van der Waals surface area contributed by atoms with Crippen LogP contribution in [0, 0.1) is 0 Å². The zero-order valence-corrected chi connectivity index (χ0v) is 15.3. The molecule has 0 saturated heterocycles. The Morgan fingerprint density at radius 2 is 1.93 bits per heavy atom. The highest BCUT2D eigenvalue weighted by atomic mass is 35.5. The van der Waals surface area contributed by atoms with Crippen LogP contribution in [0.2, 0.25) is 5.02 Å². The quantitative estimate of drug-likeness (QED) is 0.407. The molecule has 134 valence electrons. The number of carbonyl (C=O) groups excluding carboxylic acids is 1. The average molecular weight is 397 g/mol. The van der Waals surface area contributed by atoms with Gasteiger partial charge in [-0.15, -0.1) is 10.2 Å². The highest BCUT2D eigenvalue weighted by molar-refractivity contribution is 8.03. The molecule has 8 heteroatoms. The first kappa shape index (κ1) is 17.4. The van der Waals surface area contributed by atoms with E-state index in [9.17, 15) is 9.90 Å². The summed E-state index contributed by atoms with van der Waals surface area (Å²) in [6, 6.07) is 14.5. The molecule has 0 atom stereocenters. The molecular formula is C19H11ClN3O3S-. The lowest BCUT2D eigenvalue weighted by Gasteiger charge is -2.05. The van der Waals surface area contributed by atoms with Crippen molar-refractivity contribution in [3.05, 3.63) is 70.2 Å². The summed E-state index contributed by atoms with van der Waals surface area (Å²) in [5.74, 6) is -1.05. The van der Waals surface area contributed by atoms with Crippen molar-refractivity contribution in [3.63, 3.8) is 0 Å². The van der Waals surface area contributed by atoms with Crippen molar-refractivity contribution < 1.29 is 14.3 Å². The molecule has 0 saturated carbocycles. The molecule has 0 unspecified atom stereocenters. The third-order valence-electron chi connectivity index (χ3n) is 3.80. The largest absolute Gasteiger partial charge is 0.544 e. The Bertz CT molecular complexity index is 1150. The minimum atomic E-state index is -1.32. The van der Waals surface area contributed by atoms with Crippen molar-refractivity contribution >= 4 is 46.3 Å². The summed E-state index contributed by atoms with van der Waals surface area (Å²) in [5.41, 5.74) is 2.33. The smallest absolute Gasteiger partial charge is 0.281 e.